The number of carbonyl (C=O) groups excluding carboxylic acids is 1. The van der Waals surface area contributed by atoms with Gasteiger partial charge in [-0.25, -0.2) is 0 Å². The third-order valence-corrected chi connectivity index (χ3v) is 4.16. The molecule has 0 bridgehead atoms. The molecule has 1 aromatic carbocycles. The summed E-state index contributed by atoms with van der Waals surface area (Å²) in [6.07, 6.45) is 2.50. The van der Waals surface area contributed by atoms with Gasteiger partial charge in [0.05, 0.1) is 7.11 Å². The summed E-state index contributed by atoms with van der Waals surface area (Å²) in [6.45, 7) is 5.40. The highest BCUT2D eigenvalue weighted by Crippen LogP contribution is 2.23. The molecule has 1 N–H and O–H groups in total. The van der Waals surface area contributed by atoms with Gasteiger partial charge in [0.2, 0.25) is 0 Å². The monoisotopic (exact) mass is 295 g/mol. The summed E-state index contributed by atoms with van der Waals surface area (Å²) >= 11 is 1.79. The van der Waals surface area contributed by atoms with Gasteiger partial charge in [0.1, 0.15) is 0 Å². The standard InChI is InChI=1S/C16H25NO2S/c1-4-10-17-13(2)14-7-5-8-15(12-14)20-11-6-9-16(18)19-3/h5,7-8,12-13,17H,4,6,9-11H2,1-3H3. The summed E-state index contributed by atoms with van der Waals surface area (Å²) in [4.78, 5) is 12.3. The maximum Gasteiger partial charge on any atom is 0.305 e. The number of thioether (sulfide) groups is 1. The van der Waals surface area contributed by atoms with Crippen molar-refractivity contribution in [2.24, 2.45) is 0 Å². The summed E-state index contributed by atoms with van der Waals surface area (Å²) in [5.41, 5.74) is 1.32. The number of ether oxygens (including phenoxy) is 1. The van der Waals surface area contributed by atoms with Crippen LogP contribution in [-0.2, 0) is 9.53 Å². The van der Waals surface area contributed by atoms with Crippen molar-refractivity contribution >= 4 is 17.7 Å². The number of methoxy groups -OCH3 is 1. The molecule has 0 aliphatic heterocycles. The van der Waals surface area contributed by atoms with Gasteiger partial charge in [-0.2, -0.15) is 0 Å². The van der Waals surface area contributed by atoms with Gasteiger partial charge in [0, 0.05) is 17.4 Å². The van der Waals surface area contributed by atoms with Crippen LogP contribution in [0.3, 0.4) is 0 Å². The SMILES string of the molecule is CCCNC(C)c1cccc(SCCCC(=O)OC)c1. The molecule has 0 radical (unpaired) electrons. The molecule has 20 heavy (non-hydrogen) atoms. The van der Waals surface area contributed by atoms with Crippen molar-refractivity contribution < 1.29 is 9.53 Å². The minimum atomic E-state index is -0.128. The van der Waals surface area contributed by atoms with Crippen LogP contribution in [0.15, 0.2) is 29.2 Å². The molecule has 0 aliphatic carbocycles. The lowest BCUT2D eigenvalue weighted by Gasteiger charge is -2.14. The van der Waals surface area contributed by atoms with E-state index in [0.29, 0.717) is 12.5 Å². The van der Waals surface area contributed by atoms with E-state index in [2.05, 4.69) is 48.2 Å². The Morgan fingerprint density at radius 1 is 1.45 bits per heavy atom. The molecular weight excluding hydrogens is 270 g/mol. The van der Waals surface area contributed by atoms with Crippen LogP contribution in [0.1, 0.15) is 44.7 Å². The van der Waals surface area contributed by atoms with Gasteiger partial charge in [-0.05, 0) is 49.8 Å². The van der Waals surface area contributed by atoms with Crippen molar-refractivity contribution in [3.63, 3.8) is 0 Å². The first-order valence-corrected chi connectivity index (χ1v) is 8.19. The molecule has 0 fully saturated rings. The molecule has 0 saturated heterocycles. The van der Waals surface area contributed by atoms with E-state index in [0.717, 1.165) is 25.1 Å². The third kappa shape index (κ3) is 6.44. The van der Waals surface area contributed by atoms with Crippen molar-refractivity contribution in [3.8, 4) is 0 Å². The van der Waals surface area contributed by atoms with E-state index in [9.17, 15) is 4.79 Å². The second-order valence-electron chi connectivity index (χ2n) is 4.78. The van der Waals surface area contributed by atoms with Crippen LogP contribution >= 0.6 is 11.8 Å². The lowest BCUT2D eigenvalue weighted by Crippen LogP contribution is -2.19. The van der Waals surface area contributed by atoms with Crippen LogP contribution in [-0.4, -0.2) is 25.4 Å². The highest BCUT2D eigenvalue weighted by atomic mass is 32.2. The zero-order valence-electron chi connectivity index (χ0n) is 12.6. The Morgan fingerprint density at radius 2 is 2.25 bits per heavy atom. The maximum absolute atomic E-state index is 11.0. The van der Waals surface area contributed by atoms with E-state index in [4.69, 9.17) is 0 Å². The van der Waals surface area contributed by atoms with Crippen LogP contribution in [0.25, 0.3) is 0 Å². The van der Waals surface area contributed by atoms with E-state index in [1.165, 1.54) is 17.6 Å². The number of rotatable bonds is 9. The van der Waals surface area contributed by atoms with Crippen LogP contribution in [0.4, 0.5) is 0 Å². The fourth-order valence-corrected chi connectivity index (χ4v) is 2.78. The Hall–Kier alpha value is -1.00. The molecule has 0 saturated carbocycles. The molecule has 3 nitrogen and oxygen atoms in total. The number of carbonyl (C=O) groups is 1. The minimum Gasteiger partial charge on any atom is -0.469 e. The van der Waals surface area contributed by atoms with Crippen molar-refractivity contribution in [3.05, 3.63) is 29.8 Å². The van der Waals surface area contributed by atoms with E-state index >= 15 is 0 Å². The number of hydrogen-bond donors (Lipinski definition) is 1. The van der Waals surface area contributed by atoms with Crippen LogP contribution in [0.2, 0.25) is 0 Å². The van der Waals surface area contributed by atoms with E-state index in [1.807, 2.05) is 0 Å². The predicted octanol–water partition coefficient (Wildman–Crippen LogP) is 3.79. The molecule has 0 heterocycles. The van der Waals surface area contributed by atoms with Crippen LogP contribution < -0.4 is 5.32 Å². The Kier molecular flexibility index (Phi) is 8.38. The lowest BCUT2D eigenvalue weighted by atomic mass is 10.1. The van der Waals surface area contributed by atoms with Gasteiger partial charge in [-0.1, -0.05) is 19.1 Å². The molecule has 0 aromatic heterocycles. The second-order valence-corrected chi connectivity index (χ2v) is 5.94. The summed E-state index contributed by atoms with van der Waals surface area (Å²) in [5.74, 6) is 0.812. The fraction of sp³-hybridized carbons (Fsp3) is 0.562. The molecule has 1 atom stereocenters. The summed E-state index contributed by atoms with van der Waals surface area (Å²) < 4.78 is 4.63. The quantitative estimate of drug-likeness (QED) is 0.427. The van der Waals surface area contributed by atoms with Crippen molar-refractivity contribution in [2.75, 3.05) is 19.4 Å². The molecule has 0 aliphatic rings. The number of nitrogens with one attached hydrogen (secondary N) is 1. The highest BCUT2D eigenvalue weighted by Gasteiger charge is 2.05. The average molecular weight is 295 g/mol. The Balaban J connectivity index is 2.41. The Labute approximate surface area is 126 Å². The molecule has 1 aromatic rings. The summed E-state index contributed by atoms with van der Waals surface area (Å²) in [5, 5.41) is 3.50. The normalized spacial score (nSPS) is 12.2. The Bertz CT molecular complexity index is 409. The van der Waals surface area contributed by atoms with Crippen molar-refractivity contribution in [2.45, 2.75) is 44.0 Å². The van der Waals surface area contributed by atoms with Gasteiger partial charge < -0.3 is 10.1 Å². The van der Waals surface area contributed by atoms with Gasteiger partial charge in [0.25, 0.3) is 0 Å². The maximum atomic E-state index is 11.0. The van der Waals surface area contributed by atoms with Crippen LogP contribution in [0.5, 0.6) is 0 Å². The average Bonchev–Trinajstić information content (AvgIpc) is 2.49. The molecule has 0 spiro atoms. The predicted molar refractivity (Wildman–Crippen MR) is 85.1 cm³/mol. The minimum absolute atomic E-state index is 0.128. The molecule has 1 rings (SSSR count). The van der Waals surface area contributed by atoms with Gasteiger partial charge in [-0.3, -0.25) is 4.79 Å². The first kappa shape index (κ1) is 17.1. The number of benzene rings is 1. The summed E-state index contributed by atoms with van der Waals surface area (Å²) in [7, 11) is 1.43. The summed E-state index contributed by atoms with van der Waals surface area (Å²) in [6, 6.07) is 8.99. The topological polar surface area (TPSA) is 38.3 Å². The van der Waals surface area contributed by atoms with Gasteiger partial charge in [-0.15, -0.1) is 11.8 Å². The zero-order valence-corrected chi connectivity index (χ0v) is 13.5. The zero-order chi connectivity index (χ0) is 14.8. The van der Waals surface area contributed by atoms with E-state index < -0.39 is 0 Å². The largest absolute Gasteiger partial charge is 0.469 e. The van der Waals surface area contributed by atoms with E-state index in [-0.39, 0.29) is 5.97 Å². The third-order valence-electron chi connectivity index (χ3n) is 3.08. The molecule has 1 unspecified atom stereocenters. The molecular formula is C16H25NO2S. The smallest absolute Gasteiger partial charge is 0.305 e. The van der Waals surface area contributed by atoms with E-state index in [1.54, 1.807) is 11.8 Å². The molecule has 0 amide bonds. The highest BCUT2D eigenvalue weighted by molar-refractivity contribution is 7.99. The van der Waals surface area contributed by atoms with Crippen molar-refractivity contribution in [1.82, 2.24) is 5.32 Å². The molecule has 4 heteroatoms. The first-order valence-electron chi connectivity index (χ1n) is 7.20. The second kappa shape index (κ2) is 9.83. The van der Waals surface area contributed by atoms with Crippen molar-refractivity contribution in [1.29, 1.82) is 0 Å². The lowest BCUT2D eigenvalue weighted by molar-refractivity contribution is -0.140. The molecule has 112 valence electrons. The first-order chi connectivity index (χ1) is 9.67. The fourth-order valence-electron chi connectivity index (χ4n) is 1.86. The Morgan fingerprint density at radius 3 is 2.95 bits per heavy atom. The van der Waals surface area contributed by atoms with Gasteiger partial charge in [0.15, 0.2) is 0 Å². The number of esters is 1. The number of hydrogen-bond acceptors (Lipinski definition) is 4. The van der Waals surface area contributed by atoms with Gasteiger partial charge >= 0.3 is 5.97 Å². The van der Waals surface area contributed by atoms with Crippen LogP contribution in [0, 0.1) is 0 Å².